The summed E-state index contributed by atoms with van der Waals surface area (Å²) in [4.78, 5) is 9.97. The van der Waals surface area contributed by atoms with Crippen molar-refractivity contribution in [3.05, 3.63) is 83.3 Å². The lowest BCUT2D eigenvalue weighted by molar-refractivity contribution is 0.630. The Morgan fingerprint density at radius 1 is 0.920 bits per heavy atom. The molecule has 0 radical (unpaired) electrons. The summed E-state index contributed by atoms with van der Waals surface area (Å²) in [6, 6.07) is 19.1. The van der Waals surface area contributed by atoms with E-state index in [1.54, 1.807) is 6.07 Å². The van der Waals surface area contributed by atoms with Gasteiger partial charge in [0, 0.05) is 5.56 Å². The molecule has 2 aromatic heterocycles. The first-order valence-electron chi connectivity index (χ1n) is 7.96. The normalized spacial score (nSPS) is 11.4. The first kappa shape index (κ1) is 15.7. The van der Waals surface area contributed by atoms with Crippen LogP contribution in [0.15, 0.2) is 60.7 Å². The molecule has 122 valence electrons. The molecular weight excluding hydrogens is 331 g/mol. The Morgan fingerprint density at radius 3 is 2.56 bits per heavy atom. The van der Waals surface area contributed by atoms with E-state index in [4.69, 9.17) is 0 Å². The van der Waals surface area contributed by atoms with Gasteiger partial charge < -0.3 is 0 Å². The van der Waals surface area contributed by atoms with Crippen molar-refractivity contribution >= 4 is 33.8 Å². The Hall–Kier alpha value is -2.85. The summed E-state index contributed by atoms with van der Waals surface area (Å²) in [7, 11) is 0. The molecule has 4 heteroatoms. The molecule has 0 saturated heterocycles. The molecule has 25 heavy (non-hydrogen) atoms. The number of benzene rings is 2. The standard InChI is InChI=1S/C21H15FN2S/c1-14-7-11-17(18(22)13-14)20-24-19-12-10-16(23-21(19)25-20)9-8-15-5-3-2-4-6-15/h2-13H,1H3. The number of aromatic nitrogens is 2. The van der Waals surface area contributed by atoms with Crippen molar-refractivity contribution in [2.75, 3.05) is 0 Å². The Labute approximate surface area is 149 Å². The largest absolute Gasteiger partial charge is 0.236 e. The maximum atomic E-state index is 14.2. The fraction of sp³-hybridized carbons (Fsp3) is 0.0476. The van der Waals surface area contributed by atoms with Crippen molar-refractivity contribution < 1.29 is 4.39 Å². The Kier molecular flexibility index (Phi) is 4.12. The lowest BCUT2D eigenvalue weighted by Crippen LogP contribution is -1.84. The summed E-state index contributed by atoms with van der Waals surface area (Å²) in [5.74, 6) is -0.247. The summed E-state index contributed by atoms with van der Waals surface area (Å²) >= 11 is 1.41. The molecule has 0 spiro atoms. The second-order valence-corrected chi connectivity index (χ2v) is 6.78. The van der Waals surface area contributed by atoms with E-state index in [0.29, 0.717) is 10.6 Å². The Morgan fingerprint density at radius 2 is 1.76 bits per heavy atom. The summed E-state index contributed by atoms with van der Waals surface area (Å²) in [5.41, 5.74) is 4.19. The van der Waals surface area contributed by atoms with Crippen molar-refractivity contribution in [2.24, 2.45) is 0 Å². The van der Waals surface area contributed by atoms with Crippen LogP contribution in [-0.2, 0) is 0 Å². The number of halogens is 1. The maximum Gasteiger partial charge on any atom is 0.144 e. The minimum absolute atomic E-state index is 0.247. The number of rotatable bonds is 3. The third-order valence-corrected chi connectivity index (χ3v) is 4.88. The van der Waals surface area contributed by atoms with Gasteiger partial charge in [-0.25, -0.2) is 14.4 Å². The second-order valence-electron chi connectivity index (χ2n) is 5.81. The predicted octanol–water partition coefficient (Wildman–Crippen LogP) is 5.98. The second kappa shape index (κ2) is 6.57. The lowest BCUT2D eigenvalue weighted by Gasteiger charge is -1.99. The molecule has 4 rings (SSSR count). The number of thiazole rings is 1. The SMILES string of the molecule is Cc1ccc(-c2nc3ccc(C=Cc4ccccc4)nc3s2)c(F)c1. The van der Waals surface area contributed by atoms with Gasteiger partial charge in [0.05, 0.1) is 5.69 Å². The van der Waals surface area contributed by atoms with Gasteiger partial charge in [-0.1, -0.05) is 53.8 Å². The van der Waals surface area contributed by atoms with Gasteiger partial charge in [0.2, 0.25) is 0 Å². The van der Waals surface area contributed by atoms with Gasteiger partial charge in [0.15, 0.2) is 0 Å². The average Bonchev–Trinajstić information content (AvgIpc) is 3.03. The molecule has 0 bridgehead atoms. The van der Waals surface area contributed by atoms with Crippen LogP contribution >= 0.6 is 11.3 Å². The Balaban J connectivity index is 1.69. The number of hydrogen-bond donors (Lipinski definition) is 0. The minimum Gasteiger partial charge on any atom is -0.236 e. The van der Waals surface area contributed by atoms with Crippen molar-refractivity contribution in [1.82, 2.24) is 9.97 Å². The molecule has 0 unspecified atom stereocenters. The molecule has 0 atom stereocenters. The van der Waals surface area contributed by atoms with E-state index in [-0.39, 0.29) is 5.82 Å². The zero-order valence-electron chi connectivity index (χ0n) is 13.6. The van der Waals surface area contributed by atoms with Gasteiger partial charge in [0.25, 0.3) is 0 Å². The summed E-state index contributed by atoms with van der Waals surface area (Å²) < 4.78 is 14.2. The highest BCUT2D eigenvalue weighted by molar-refractivity contribution is 7.21. The maximum absolute atomic E-state index is 14.2. The van der Waals surface area contributed by atoms with E-state index in [0.717, 1.165) is 27.2 Å². The molecule has 2 aromatic carbocycles. The quantitative estimate of drug-likeness (QED) is 0.456. The third kappa shape index (κ3) is 3.35. The molecule has 0 fully saturated rings. The van der Waals surface area contributed by atoms with Crippen LogP contribution in [-0.4, -0.2) is 9.97 Å². The van der Waals surface area contributed by atoms with Gasteiger partial charge >= 0.3 is 0 Å². The van der Waals surface area contributed by atoms with Gasteiger partial charge in [-0.2, -0.15) is 0 Å². The van der Waals surface area contributed by atoms with Crippen molar-refractivity contribution in [3.8, 4) is 10.6 Å². The van der Waals surface area contributed by atoms with E-state index in [9.17, 15) is 4.39 Å². The molecular formula is C21H15FN2S. The third-order valence-electron chi connectivity index (χ3n) is 3.88. The van der Waals surface area contributed by atoms with Crippen LogP contribution in [0.5, 0.6) is 0 Å². The van der Waals surface area contributed by atoms with Crippen LogP contribution in [0.4, 0.5) is 4.39 Å². The van der Waals surface area contributed by atoms with Crippen molar-refractivity contribution in [2.45, 2.75) is 6.92 Å². The zero-order valence-corrected chi connectivity index (χ0v) is 14.4. The van der Waals surface area contributed by atoms with Crippen molar-refractivity contribution in [1.29, 1.82) is 0 Å². The first-order chi connectivity index (χ1) is 12.2. The average molecular weight is 346 g/mol. The summed E-state index contributed by atoms with van der Waals surface area (Å²) in [5, 5.41) is 0.657. The highest BCUT2D eigenvalue weighted by Crippen LogP contribution is 2.31. The lowest BCUT2D eigenvalue weighted by atomic mass is 10.1. The van der Waals surface area contributed by atoms with E-state index in [2.05, 4.69) is 9.97 Å². The van der Waals surface area contributed by atoms with E-state index < -0.39 is 0 Å². The number of pyridine rings is 1. The van der Waals surface area contributed by atoms with Crippen LogP contribution in [0.25, 0.3) is 33.1 Å². The number of fused-ring (bicyclic) bond motifs is 1. The van der Waals surface area contributed by atoms with Crippen LogP contribution in [0.3, 0.4) is 0 Å². The number of hydrogen-bond acceptors (Lipinski definition) is 3. The summed E-state index contributed by atoms with van der Waals surface area (Å²) in [6.07, 6.45) is 4.00. The van der Waals surface area contributed by atoms with Crippen LogP contribution in [0.2, 0.25) is 0 Å². The summed E-state index contributed by atoms with van der Waals surface area (Å²) in [6.45, 7) is 1.87. The smallest absolute Gasteiger partial charge is 0.144 e. The van der Waals surface area contributed by atoms with Gasteiger partial charge in [-0.3, -0.25) is 0 Å². The van der Waals surface area contributed by atoms with E-state index in [1.807, 2.05) is 67.6 Å². The molecule has 0 saturated carbocycles. The Bertz CT molecular complexity index is 1070. The predicted molar refractivity (Wildman–Crippen MR) is 103 cm³/mol. The first-order valence-corrected chi connectivity index (χ1v) is 8.78. The highest BCUT2D eigenvalue weighted by atomic mass is 32.1. The molecule has 0 amide bonds. The van der Waals surface area contributed by atoms with E-state index >= 15 is 0 Å². The molecule has 2 heterocycles. The van der Waals surface area contributed by atoms with Gasteiger partial charge in [-0.05, 0) is 48.4 Å². The van der Waals surface area contributed by atoms with Crippen LogP contribution in [0, 0.1) is 12.7 Å². The zero-order chi connectivity index (χ0) is 17.2. The molecule has 0 aliphatic heterocycles. The molecule has 0 aliphatic rings. The monoisotopic (exact) mass is 346 g/mol. The minimum atomic E-state index is -0.247. The van der Waals surface area contributed by atoms with Crippen LogP contribution in [0.1, 0.15) is 16.8 Å². The molecule has 4 aromatic rings. The number of nitrogens with zero attached hydrogens (tertiary/aromatic N) is 2. The highest BCUT2D eigenvalue weighted by Gasteiger charge is 2.11. The van der Waals surface area contributed by atoms with E-state index in [1.165, 1.54) is 17.4 Å². The fourth-order valence-electron chi connectivity index (χ4n) is 2.58. The molecule has 0 N–H and O–H groups in total. The molecule has 2 nitrogen and oxygen atoms in total. The fourth-order valence-corrected chi connectivity index (χ4v) is 3.55. The van der Waals surface area contributed by atoms with Gasteiger partial charge in [-0.15, -0.1) is 0 Å². The van der Waals surface area contributed by atoms with Crippen molar-refractivity contribution in [3.63, 3.8) is 0 Å². The van der Waals surface area contributed by atoms with Gasteiger partial charge in [0.1, 0.15) is 21.2 Å². The topological polar surface area (TPSA) is 25.8 Å². The number of aryl methyl sites for hydroxylation is 1. The molecule has 0 aliphatic carbocycles. The van der Waals surface area contributed by atoms with Crippen LogP contribution < -0.4 is 0 Å².